The summed E-state index contributed by atoms with van der Waals surface area (Å²) in [5, 5.41) is 1.24. The average Bonchev–Trinajstić information content (AvgIpc) is 2.89. The summed E-state index contributed by atoms with van der Waals surface area (Å²) in [6.45, 7) is 6.95. The maximum Gasteiger partial charge on any atom is 0.130 e. The van der Waals surface area contributed by atoms with Crippen LogP contribution in [0.1, 0.15) is 36.7 Å². The summed E-state index contributed by atoms with van der Waals surface area (Å²) in [6.07, 6.45) is 1.79. The number of aryl methyl sites for hydroxylation is 1. The van der Waals surface area contributed by atoms with Gasteiger partial charge in [0, 0.05) is 28.9 Å². The topological polar surface area (TPSA) is 37.9 Å². The molecule has 3 heteroatoms. The second-order valence-electron chi connectivity index (χ2n) is 5.69. The first-order chi connectivity index (χ1) is 10.1. The minimum atomic E-state index is 0.491. The van der Waals surface area contributed by atoms with Crippen molar-refractivity contribution in [1.82, 2.24) is 9.97 Å². The van der Waals surface area contributed by atoms with E-state index in [9.17, 15) is 0 Å². The predicted octanol–water partition coefficient (Wildman–Crippen LogP) is 4.57. The summed E-state index contributed by atoms with van der Waals surface area (Å²) < 4.78 is 5.92. The first-order valence-electron chi connectivity index (χ1n) is 7.29. The molecule has 0 unspecified atom stereocenters. The number of aromatic amines is 1. The van der Waals surface area contributed by atoms with E-state index in [0.29, 0.717) is 12.5 Å². The van der Waals surface area contributed by atoms with Gasteiger partial charge in [-0.15, -0.1) is 0 Å². The Morgan fingerprint density at radius 3 is 2.76 bits per heavy atom. The second kappa shape index (κ2) is 5.60. The number of nitrogens with one attached hydrogen (secondary N) is 1. The highest BCUT2D eigenvalue weighted by molar-refractivity contribution is 5.83. The molecule has 108 valence electrons. The third-order valence-electron chi connectivity index (χ3n) is 3.66. The first-order valence-corrected chi connectivity index (χ1v) is 7.29. The maximum absolute atomic E-state index is 5.92. The van der Waals surface area contributed by atoms with Crippen LogP contribution in [0.5, 0.6) is 5.75 Å². The fourth-order valence-corrected chi connectivity index (χ4v) is 2.40. The van der Waals surface area contributed by atoms with E-state index in [4.69, 9.17) is 4.74 Å². The van der Waals surface area contributed by atoms with Crippen molar-refractivity contribution in [2.45, 2.75) is 33.3 Å². The van der Waals surface area contributed by atoms with E-state index in [0.717, 1.165) is 22.5 Å². The number of benzene rings is 1. The highest BCUT2D eigenvalue weighted by Gasteiger charge is 2.08. The molecule has 0 amide bonds. The van der Waals surface area contributed by atoms with Crippen LogP contribution in [0.15, 0.2) is 42.6 Å². The van der Waals surface area contributed by atoms with Gasteiger partial charge in [-0.3, -0.25) is 4.98 Å². The molecule has 2 aromatic heterocycles. The minimum absolute atomic E-state index is 0.491. The number of fused-ring (bicyclic) bond motifs is 1. The summed E-state index contributed by atoms with van der Waals surface area (Å²) in [6, 6.07) is 12.3. The van der Waals surface area contributed by atoms with Crippen LogP contribution in [-0.2, 0) is 6.61 Å². The number of hydrogen-bond donors (Lipinski definition) is 1. The fourth-order valence-electron chi connectivity index (χ4n) is 2.40. The maximum atomic E-state index is 5.92. The van der Waals surface area contributed by atoms with Crippen molar-refractivity contribution in [3.63, 3.8) is 0 Å². The number of aromatic nitrogens is 2. The smallest absolute Gasteiger partial charge is 0.130 e. The molecule has 2 heterocycles. The quantitative estimate of drug-likeness (QED) is 0.760. The van der Waals surface area contributed by atoms with E-state index in [1.807, 2.05) is 18.2 Å². The summed E-state index contributed by atoms with van der Waals surface area (Å²) in [5.74, 6) is 1.40. The van der Waals surface area contributed by atoms with Crippen LogP contribution in [0.25, 0.3) is 10.9 Å². The van der Waals surface area contributed by atoms with Gasteiger partial charge in [-0.05, 0) is 42.7 Å². The van der Waals surface area contributed by atoms with Crippen LogP contribution in [0.2, 0.25) is 0 Å². The fraction of sp³-hybridized carbons (Fsp3) is 0.278. The highest BCUT2D eigenvalue weighted by Crippen LogP contribution is 2.28. The van der Waals surface area contributed by atoms with Gasteiger partial charge >= 0.3 is 0 Å². The Morgan fingerprint density at radius 2 is 2.05 bits per heavy atom. The number of nitrogens with zero attached hydrogens (tertiary/aromatic N) is 1. The summed E-state index contributed by atoms with van der Waals surface area (Å²) in [7, 11) is 0. The highest BCUT2D eigenvalue weighted by atomic mass is 16.5. The summed E-state index contributed by atoms with van der Waals surface area (Å²) in [4.78, 5) is 7.75. The van der Waals surface area contributed by atoms with Gasteiger partial charge in [0.1, 0.15) is 12.4 Å². The van der Waals surface area contributed by atoms with Gasteiger partial charge in [0.25, 0.3) is 0 Å². The van der Waals surface area contributed by atoms with E-state index in [-0.39, 0.29) is 0 Å². The van der Waals surface area contributed by atoms with Crippen molar-refractivity contribution in [2.24, 2.45) is 0 Å². The van der Waals surface area contributed by atoms with Crippen molar-refractivity contribution < 1.29 is 4.74 Å². The number of hydrogen-bond acceptors (Lipinski definition) is 2. The Morgan fingerprint density at radius 1 is 1.19 bits per heavy atom. The van der Waals surface area contributed by atoms with Gasteiger partial charge in [-0.25, -0.2) is 0 Å². The first kappa shape index (κ1) is 13.7. The van der Waals surface area contributed by atoms with E-state index in [2.05, 4.69) is 48.9 Å². The normalized spacial score (nSPS) is 11.2. The van der Waals surface area contributed by atoms with Crippen molar-refractivity contribution in [1.29, 1.82) is 0 Å². The van der Waals surface area contributed by atoms with Gasteiger partial charge in [0.2, 0.25) is 0 Å². The lowest BCUT2D eigenvalue weighted by Gasteiger charge is -2.09. The van der Waals surface area contributed by atoms with Crippen molar-refractivity contribution in [3.8, 4) is 5.75 Å². The molecule has 0 aliphatic rings. The van der Waals surface area contributed by atoms with Gasteiger partial charge in [-0.2, -0.15) is 0 Å². The van der Waals surface area contributed by atoms with Crippen molar-refractivity contribution in [3.05, 3.63) is 59.5 Å². The average molecular weight is 280 g/mol. The molecule has 0 radical (unpaired) electrons. The van der Waals surface area contributed by atoms with Crippen LogP contribution >= 0.6 is 0 Å². The lowest BCUT2D eigenvalue weighted by atomic mass is 10.1. The van der Waals surface area contributed by atoms with Crippen LogP contribution < -0.4 is 4.74 Å². The van der Waals surface area contributed by atoms with Crippen LogP contribution in [0.4, 0.5) is 0 Å². The second-order valence-corrected chi connectivity index (χ2v) is 5.69. The third kappa shape index (κ3) is 2.92. The molecule has 1 N–H and O–H groups in total. The SMILES string of the molecule is Cc1cc2cc(C(C)C)[nH]c2cc1OCc1ccccn1. The van der Waals surface area contributed by atoms with Crippen LogP contribution in [0, 0.1) is 6.92 Å². The Bertz CT molecular complexity index is 745. The molecule has 0 fully saturated rings. The molecule has 0 saturated heterocycles. The largest absolute Gasteiger partial charge is 0.487 e. The Balaban J connectivity index is 1.86. The molecular formula is C18H20N2O. The van der Waals surface area contributed by atoms with Gasteiger partial charge in [0.05, 0.1) is 5.69 Å². The molecular weight excluding hydrogens is 260 g/mol. The van der Waals surface area contributed by atoms with Gasteiger partial charge in [0.15, 0.2) is 0 Å². The molecule has 3 nitrogen and oxygen atoms in total. The minimum Gasteiger partial charge on any atom is -0.487 e. The molecule has 0 aliphatic heterocycles. The number of rotatable bonds is 4. The molecule has 0 spiro atoms. The third-order valence-corrected chi connectivity index (χ3v) is 3.66. The lowest BCUT2D eigenvalue weighted by molar-refractivity contribution is 0.299. The molecule has 3 aromatic rings. The number of ether oxygens (including phenoxy) is 1. The number of pyridine rings is 1. The zero-order chi connectivity index (χ0) is 14.8. The molecule has 1 aromatic carbocycles. The molecule has 0 atom stereocenters. The lowest BCUT2D eigenvalue weighted by Crippen LogP contribution is -1.98. The van der Waals surface area contributed by atoms with E-state index >= 15 is 0 Å². The standard InChI is InChI=1S/C18H20N2O/c1-12(2)16-9-14-8-13(3)18(10-17(14)20-16)21-11-15-6-4-5-7-19-15/h4-10,12,20H,11H2,1-3H3. The van der Waals surface area contributed by atoms with Crippen molar-refractivity contribution in [2.75, 3.05) is 0 Å². The van der Waals surface area contributed by atoms with E-state index < -0.39 is 0 Å². The zero-order valence-corrected chi connectivity index (χ0v) is 12.7. The summed E-state index contributed by atoms with van der Waals surface area (Å²) >= 11 is 0. The zero-order valence-electron chi connectivity index (χ0n) is 12.7. The monoisotopic (exact) mass is 280 g/mol. The molecule has 0 saturated carbocycles. The van der Waals surface area contributed by atoms with Crippen LogP contribution in [0.3, 0.4) is 0 Å². The Labute approximate surface area is 125 Å². The Hall–Kier alpha value is -2.29. The summed E-state index contributed by atoms with van der Waals surface area (Å²) in [5.41, 5.74) is 4.46. The number of H-pyrrole nitrogens is 1. The molecule has 0 bridgehead atoms. The predicted molar refractivity (Wildman–Crippen MR) is 85.7 cm³/mol. The van der Waals surface area contributed by atoms with Crippen LogP contribution in [-0.4, -0.2) is 9.97 Å². The molecule has 0 aliphatic carbocycles. The van der Waals surface area contributed by atoms with Gasteiger partial charge < -0.3 is 9.72 Å². The van der Waals surface area contributed by atoms with Crippen molar-refractivity contribution >= 4 is 10.9 Å². The van der Waals surface area contributed by atoms with E-state index in [1.54, 1.807) is 6.20 Å². The van der Waals surface area contributed by atoms with E-state index in [1.165, 1.54) is 11.1 Å². The molecule has 21 heavy (non-hydrogen) atoms. The van der Waals surface area contributed by atoms with Gasteiger partial charge in [-0.1, -0.05) is 19.9 Å². The molecule has 3 rings (SSSR count). The Kier molecular flexibility index (Phi) is 3.65.